The van der Waals surface area contributed by atoms with E-state index in [-0.39, 0.29) is 0 Å². The molecule has 0 atom stereocenters. The van der Waals surface area contributed by atoms with Crippen molar-refractivity contribution in [3.63, 3.8) is 0 Å². The largest absolute Gasteiger partial charge is 0.456 e. The van der Waals surface area contributed by atoms with Gasteiger partial charge in [0, 0.05) is 44.9 Å². The van der Waals surface area contributed by atoms with E-state index < -0.39 is 10.8 Å². The molecule has 3 nitrogen and oxygen atoms in total. The molecule has 0 saturated heterocycles. The molecule has 2 aliphatic rings. The molecule has 12 aromatic carbocycles. The molecule has 0 fully saturated rings. The molecule has 77 heavy (non-hydrogen) atoms. The van der Waals surface area contributed by atoms with Gasteiger partial charge in [-0.15, -0.1) is 0 Å². The van der Waals surface area contributed by atoms with Gasteiger partial charge in [-0.1, -0.05) is 218 Å². The van der Waals surface area contributed by atoms with Crippen molar-refractivity contribution in [2.24, 2.45) is 0 Å². The number of fused-ring (bicyclic) bond motifs is 12. The van der Waals surface area contributed by atoms with Crippen molar-refractivity contribution in [3.05, 3.63) is 348 Å². The molecule has 0 radical (unpaired) electrons. The normalized spacial score (nSPS) is 13.4. The molecule has 2 aliphatic carbocycles. The van der Waals surface area contributed by atoms with Crippen LogP contribution >= 0.6 is 0 Å². The molecule has 362 valence electrons. The Bertz CT molecular complexity index is 4230. The summed E-state index contributed by atoms with van der Waals surface area (Å²) in [4.78, 5) is 4.83. The van der Waals surface area contributed by atoms with Crippen LogP contribution in [0.2, 0.25) is 0 Å². The van der Waals surface area contributed by atoms with Crippen molar-refractivity contribution in [2.45, 2.75) is 10.8 Å². The minimum absolute atomic E-state index is 0.644. The van der Waals surface area contributed by atoms with E-state index in [4.69, 9.17) is 4.42 Å². The number of furan rings is 1. The van der Waals surface area contributed by atoms with Crippen molar-refractivity contribution in [1.82, 2.24) is 0 Å². The highest BCUT2D eigenvalue weighted by molar-refractivity contribution is 6.07. The lowest BCUT2D eigenvalue weighted by Gasteiger charge is -2.50. The Morgan fingerprint density at radius 2 is 0.597 bits per heavy atom. The molecule has 1 aromatic heterocycles. The first-order valence-corrected chi connectivity index (χ1v) is 26.6. The van der Waals surface area contributed by atoms with Gasteiger partial charge < -0.3 is 14.2 Å². The molecule has 0 N–H and O–H groups in total. The van der Waals surface area contributed by atoms with Gasteiger partial charge in [0.15, 0.2) is 0 Å². The Balaban J connectivity index is 1.02. The highest BCUT2D eigenvalue weighted by atomic mass is 16.3. The number of nitrogens with zero attached hydrogens (tertiary/aromatic N) is 2. The maximum Gasteiger partial charge on any atom is 0.135 e. The van der Waals surface area contributed by atoms with Gasteiger partial charge >= 0.3 is 0 Å². The summed E-state index contributed by atoms with van der Waals surface area (Å²) >= 11 is 0. The van der Waals surface area contributed by atoms with Gasteiger partial charge in [-0.05, 0) is 152 Å². The van der Waals surface area contributed by atoms with Crippen molar-refractivity contribution in [3.8, 4) is 22.3 Å². The molecule has 3 heteroatoms. The van der Waals surface area contributed by atoms with Crippen LogP contribution in [0.4, 0.5) is 34.1 Å². The molecular weight excluding hydrogens is 933 g/mol. The first kappa shape index (κ1) is 44.5. The topological polar surface area (TPSA) is 19.6 Å². The molecule has 1 heterocycles. The summed E-state index contributed by atoms with van der Waals surface area (Å²) in [6.07, 6.45) is 0. The van der Waals surface area contributed by atoms with Crippen molar-refractivity contribution >= 4 is 56.1 Å². The molecule has 0 amide bonds. The van der Waals surface area contributed by atoms with E-state index in [2.05, 4.69) is 307 Å². The predicted octanol–water partition coefficient (Wildman–Crippen LogP) is 19.3. The average Bonchev–Trinajstić information content (AvgIpc) is 4.22. The number of anilines is 6. The highest BCUT2D eigenvalue weighted by Crippen LogP contribution is 2.65. The maximum absolute atomic E-state index is 6.40. The van der Waals surface area contributed by atoms with Gasteiger partial charge in [0.05, 0.1) is 10.8 Å². The van der Waals surface area contributed by atoms with Crippen LogP contribution in [0, 0.1) is 0 Å². The minimum Gasteiger partial charge on any atom is -0.456 e. The number of para-hydroxylation sites is 3. The zero-order valence-electron chi connectivity index (χ0n) is 42.2. The Morgan fingerprint density at radius 1 is 0.234 bits per heavy atom. The summed E-state index contributed by atoms with van der Waals surface area (Å²) in [5.41, 5.74) is 21.6. The first-order valence-electron chi connectivity index (χ1n) is 26.6. The lowest BCUT2D eigenvalue weighted by Crippen LogP contribution is -2.44. The van der Waals surface area contributed by atoms with E-state index in [1.807, 2.05) is 6.07 Å². The van der Waals surface area contributed by atoms with E-state index >= 15 is 0 Å². The Labute approximate surface area is 448 Å². The van der Waals surface area contributed by atoms with Gasteiger partial charge in [-0.25, -0.2) is 0 Å². The summed E-state index contributed by atoms with van der Waals surface area (Å²) in [5.74, 6) is 0. The van der Waals surface area contributed by atoms with Gasteiger partial charge in [0.2, 0.25) is 0 Å². The van der Waals surface area contributed by atoms with E-state index in [1.54, 1.807) is 0 Å². The summed E-state index contributed by atoms with van der Waals surface area (Å²) < 4.78 is 6.40. The van der Waals surface area contributed by atoms with Crippen LogP contribution in [0.5, 0.6) is 0 Å². The smallest absolute Gasteiger partial charge is 0.135 e. The SMILES string of the molecule is c1ccc(-c2ccc(N(c3ccccc3)c3ccc4c(c3)C3(c5cc(N(c6ccccc6)c6ccc7oc8ccccc8c7c6)ccc5-4)c4ccccc4C(c4ccccc4)(c4ccccc4)c4ccccc43)cc2)cc1. The van der Waals surface area contributed by atoms with Crippen molar-refractivity contribution in [1.29, 1.82) is 0 Å². The average molecular weight is 983 g/mol. The summed E-state index contributed by atoms with van der Waals surface area (Å²) in [6.45, 7) is 0. The summed E-state index contributed by atoms with van der Waals surface area (Å²) in [5, 5.41) is 2.19. The zero-order valence-corrected chi connectivity index (χ0v) is 42.2. The van der Waals surface area contributed by atoms with Gasteiger partial charge in [-0.2, -0.15) is 0 Å². The number of benzene rings is 12. The molecule has 0 unspecified atom stereocenters. The van der Waals surface area contributed by atoms with Crippen LogP contribution in [-0.4, -0.2) is 0 Å². The Kier molecular flexibility index (Phi) is 10.3. The van der Waals surface area contributed by atoms with Crippen molar-refractivity contribution in [2.75, 3.05) is 9.80 Å². The van der Waals surface area contributed by atoms with Gasteiger partial charge in [0.1, 0.15) is 11.2 Å². The van der Waals surface area contributed by atoms with Crippen LogP contribution in [-0.2, 0) is 10.8 Å². The number of rotatable bonds is 9. The fourth-order valence-corrected chi connectivity index (χ4v) is 13.2. The van der Waals surface area contributed by atoms with Crippen LogP contribution in [0.25, 0.3) is 44.2 Å². The fourth-order valence-electron chi connectivity index (χ4n) is 13.2. The molecule has 0 aliphatic heterocycles. The second-order valence-corrected chi connectivity index (χ2v) is 20.3. The minimum atomic E-state index is -0.774. The standard InChI is InChI=1S/C74H50N2O/c1-6-22-51(23-7-1)52-38-40-57(41-39-52)75(55-28-12-4-13-29-55)59-42-45-61-62-46-43-60(76(56-30-14-5-15-31-56)58-44-47-72-64(48-58)63-32-16-21-37-71(63)77-72)50-70(62)74(69(61)49-59)67-35-19-17-33-65(67)73(53-24-8-2-9-25-53,54-26-10-3-11-27-54)66-34-18-20-36-68(66)74/h1-50H. The lowest BCUT2D eigenvalue weighted by molar-refractivity contribution is 0.623. The van der Waals surface area contributed by atoms with E-state index in [0.29, 0.717) is 0 Å². The van der Waals surface area contributed by atoms with Crippen LogP contribution in [0.3, 0.4) is 0 Å². The lowest BCUT2D eigenvalue weighted by atomic mass is 9.51. The third kappa shape index (κ3) is 6.77. The fraction of sp³-hybridized carbons (Fsp3) is 0.0270. The quantitative estimate of drug-likeness (QED) is 0.144. The second-order valence-electron chi connectivity index (χ2n) is 20.3. The second kappa shape index (κ2) is 17.9. The molecule has 0 saturated carbocycles. The van der Waals surface area contributed by atoms with Gasteiger partial charge in [-0.3, -0.25) is 0 Å². The van der Waals surface area contributed by atoms with E-state index in [9.17, 15) is 0 Å². The van der Waals surface area contributed by atoms with Crippen LogP contribution in [0.15, 0.2) is 308 Å². The summed E-state index contributed by atoms with van der Waals surface area (Å²) in [7, 11) is 0. The van der Waals surface area contributed by atoms with Crippen LogP contribution in [0.1, 0.15) is 44.5 Å². The number of hydrogen-bond donors (Lipinski definition) is 0. The first-order chi connectivity index (χ1) is 38.2. The third-order valence-electron chi connectivity index (χ3n) is 16.4. The molecule has 13 aromatic rings. The van der Waals surface area contributed by atoms with E-state index in [0.717, 1.165) is 56.1 Å². The molecule has 0 bridgehead atoms. The number of hydrogen-bond acceptors (Lipinski definition) is 3. The van der Waals surface area contributed by atoms with Crippen LogP contribution < -0.4 is 9.80 Å². The Morgan fingerprint density at radius 3 is 1.13 bits per heavy atom. The van der Waals surface area contributed by atoms with Gasteiger partial charge in [0.25, 0.3) is 0 Å². The maximum atomic E-state index is 6.40. The molecule has 1 spiro atoms. The zero-order chi connectivity index (χ0) is 50.9. The van der Waals surface area contributed by atoms with Crippen molar-refractivity contribution < 1.29 is 4.42 Å². The highest BCUT2D eigenvalue weighted by Gasteiger charge is 2.57. The third-order valence-corrected chi connectivity index (χ3v) is 16.4. The molecular formula is C74H50N2O. The summed E-state index contributed by atoms with van der Waals surface area (Å²) in [6, 6.07) is 112. The molecule has 15 rings (SSSR count). The monoisotopic (exact) mass is 982 g/mol. The van der Waals surface area contributed by atoms with E-state index in [1.165, 1.54) is 66.8 Å². The predicted molar refractivity (Wildman–Crippen MR) is 318 cm³/mol. The Hall–Kier alpha value is -9.96.